The Morgan fingerprint density at radius 2 is 2.00 bits per heavy atom. The average molecular weight is 584 g/mol. The van der Waals surface area contributed by atoms with Crippen molar-refractivity contribution in [2.75, 3.05) is 11.1 Å². The zero-order valence-electron chi connectivity index (χ0n) is 17.7. The van der Waals surface area contributed by atoms with Gasteiger partial charge in [0.25, 0.3) is 0 Å². The molecule has 0 spiro atoms. The van der Waals surface area contributed by atoms with Crippen LogP contribution in [0.5, 0.6) is 0 Å². The molecule has 2 aromatic heterocycles. The first-order valence-electron chi connectivity index (χ1n) is 11.3. The van der Waals surface area contributed by atoms with Crippen LogP contribution >= 0.6 is 34.4 Å². The molecular weight excluding hydrogens is 561 g/mol. The second-order valence-electron chi connectivity index (χ2n) is 9.29. The van der Waals surface area contributed by atoms with Gasteiger partial charge in [-0.2, -0.15) is 0 Å². The van der Waals surface area contributed by atoms with Gasteiger partial charge in [0, 0.05) is 21.6 Å². The standard InChI is InChI=1S/C22H23F2IN6OS/c23-14-4-3-11(5-15(14)24)13-8-17(13)26-20-19-21(28-22(27-20)33-9-10-1-2-10)31(30-29-19)12-6-16(25)18(32)7-12/h3-5,10,12-13,16-18,32H,1-2,6-9H2,(H,26,27,28)/t12-,13-,16-,17+,18-/m0/s1. The Kier molecular flexibility index (Phi) is 5.68. The molecule has 0 amide bonds. The first-order chi connectivity index (χ1) is 16.0. The lowest BCUT2D eigenvalue weighted by molar-refractivity contribution is 0.185. The van der Waals surface area contributed by atoms with Crippen LogP contribution in [0.3, 0.4) is 0 Å². The van der Waals surface area contributed by atoms with E-state index in [1.54, 1.807) is 17.8 Å². The van der Waals surface area contributed by atoms with Gasteiger partial charge in [-0.15, -0.1) is 5.10 Å². The van der Waals surface area contributed by atoms with Crippen molar-refractivity contribution >= 4 is 51.3 Å². The number of rotatable bonds is 7. The number of alkyl halides is 1. The summed E-state index contributed by atoms with van der Waals surface area (Å²) in [5.41, 5.74) is 2.06. The highest BCUT2D eigenvalue weighted by atomic mass is 127. The third-order valence-electron chi connectivity index (χ3n) is 6.71. The van der Waals surface area contributed by atoms with Crippen molar-refractivity contribution in [3.05, 3.63) is 35.4 Å². The molecule has 2 N–H and O–H groups in total. The monoisotopic (exact) mass is 584 g/mol. The molecule has 3 aromatic rings. The molecular formula is C22H23F2IN6OS. The molecule has 6 rings (SSSR count). The van der Waals surface area contributed by atoms with Crippen LogP contribution in [0.2, 0.25) is 0 Å². The van der Waals surface area contributed by atoms with Crippen molar-refractivity contribution in [2.45, 2.75) is 65.3 Å². The molecule has 5 atom stereocenters. The lowest BCUT2D eigenvalue weighted by atomic mass is 10.1. The molecule has 3 fully saturated rings. The third kappa shape index (κ3) is 4.43. The highest BCUT2D eigenvalue weighted by Crippen LogP contribution is 2.44. The predicted molar refractivity (Wildman–Crippen MR) is 130 cm³/mol. The molecule has 3 aliphatic carbocycles. The van der Waals surface area contributed by atoms with Crippen LogP contribution < -0.4 is 5.32 Å². The van der Waals surface area contributed by atoms with E-state index < -0.39 is 11.6 Å². The quantitative estimate of drug-likeness (QED) is 0.184. The molecule has 174 valence electrons. The van der Waals surface area contributed by atoms with Crippen LogP contribution in [0.15, 0.2) is 23.4 Å². The van der Waals surface area contributed by atoms with Gasteiger partial charge in [-0.25, -0.2) is 23.4 Å². The van der Waals surface area contributed by atoms with E-state index >= 15 is 0 Å². The summed E-state index contributed by atoms with van der Waals surface area (Å²) >= 11 is 3.94. The number of fused-ring (bicyclic) bond motifs is 1. The molecule has 0 unspecified atom stereocenters. The minimum atomic E-state index is -0.832. The van der Waals surface area contributed by atoms with Gasteiger partial charge in [0.1, 0.15) is 0 Å². The van der Waals surface area contributed by atoms with E-state index in [9.17, 15) is 13.9 Å². The number of hydrogen-bond acceptors (Lipinski definition) is 7. The van der Waals surface area contributed by atoms with Gasteiger partial charge in [-0.05, 0) is 55.7 Å². The number of nitrogens with one attached hydrogen (secondary N) is 1. The van der Waals surface area contributed by atoms with E-state index in [2.05, 4.69) is 38.2 Å². The van der Waals surface area contributed by atoms with Crippen LogP contribution in [0.25, 0.3) is 11.2 Å². The minimum Gasteiger partial charge on any atom is -0.392 e. The van der Waals surface area contributed by atoms with Crippen LogP contribution in [0.4, 0.5) is 14.6 Å². The van der Waals surface area contributed by atoms with E-state index in [1.165, 1.54) is 25.0 Å². The fourth-order valence-electron chi connectivity index (χ4n) is 4.48. The van der Waals surface area contributed by atoms with Gasteiger partial charge >= 0.3 is 0 Å². The Morgan fingerprint density at radius 1 is 1.15 bits per heavy atom. The number of aromatic nitrogens is 5. The smallest absolute Gasteiger partial charge is 0.191 e. The van der Waals surface area contributed by atoms with E-state index in [4.69, 9.17) is 9.97 Å². The number of aliphatic hydroxyl groups is 1. The number of hydrogen-bond donors (Lipinski definition) is 2. The van der Waals surface area contributed by atoms with Gasteiger partial charge < -0.3 is 10.4 Å². The Bertz CT molecular complexity index is 1200. The zero-order valence-corrected chi connectivity index (χ0v) is 20.6. The van der Waals surface area contributed by atoms with Crippen molar-refractivity contribution < 1.29 is 13.9 Å². The van der Waals surface area contributed by atoms with Gasteiger partial charge in [0.15, 0.2) is 33.8 Å². The molecule has 1 aromatic carbocycles. The topological polar surface area (TPSA) is 88.8 Å². The molecule has 0 bridgehead atoms. The Labute approximate surface area is 207 Å². The van der Waals surface area contributed by atoms with Gasteiger partial charge in [-0.1, -0.05) is 45.6 Å². The summed E-state index contributed by atoms with van der Waals surface area (Å²) in [4.78, 5) is 9.54. The zero-order chi connectivity index (χ0) is 22.7. The maximum Gasteiger partial charge on any atom is 0.191 e. The number of halogens is 3. The number of anilines is 1. The summed E-state index contributed by atoms with van der Waals surface area (Å²) in [7, 11) is 0. The highest BCUT2D eigenvalue weighted by Gasteiger charge is 2.40. The van der Waals surface area contributed by atoms with Crippen molar-refractivity contribution in [2.24, 2.45) is 5.92 Å². The van der Waals surface area contributed by atoms with E-state index in [-0.39, 0.29) is 28.0 Å². The van der Waals surface area contributed by atoms with Gasteiger partial charge in [-0.3, -0.25) is 0 Å². The molecule has 3 saturated carbocycles. The fourth-order valence-corrected chi connectivity index (χ4v) is 6.38. The molecule has 33 heavy (non-hydrogen) atoms. The SMILES string of the molecule is O[C@H]1C[C@@H](n2nnc3c(N[C@@H]4C[C@H]4c4ccc(F)c(F)c4)nc(SCC4CC4)nc32)C[C@@H]1I. The van der Waals surface area contributed by atoms with Gasteiger partial charge in [0.2, 0.25) is 0 Å². The van der Waals surface area contributed by atoms with Crippen molar-refractivity contribution in [3.8, 4) is 0 Å². The Hall–Kier alpha value is -1.60. The Balaban J connectivity index is 1.29. The molecule has 0 saturated heterocycles. The fraction of sp³-hybridized carbons (Fsp3) is 0.545. The molecule has 2 heterocycles. The predicted octanol–water partition coefficient (Wildman–Crippen LogP) is 4.47. The second kappa shape index (κ2) is 8.56. The molecule has 7 nitrogen and oxygen atoms in total. The lowest BCUT2D eigenvalue weighted by Gasteiger charge is -2.12. The molecule has 0 radical (unpaired) electrons. The number of nitrogens with zero attached hydrogens (tertiary/aromatic N) is 5. The number of benzene rings is 1. The average Bonchev–Trinajstić information content (AvgIpc) is 3.69. The van der Waals surface area contributed by atoms with Crippen LogP contribution in [-0.4, -0.2) is 51.9 Å². The maximum absolute atomic E-state index is 13.7. The maximum atomic E-state index is 13.7. The summed E-state index contributed by atoms with van der Waals surface area (Å²) in [6.45, 7) is 0. The molecule has 3 aliphatic rings. The van der Waals surface area contributed by atoms with Crippen LogP contribution in [0, 0.1) is 17.6 Å². The van der Waals surface area contributed by atoms with Crippen molar-refractivity contribution in [1.29, 1.82) is 0 Å². The second-order valence-corrected chi connectivity index (χ2v) is 11.9. The minimum absolute atomic E-state index is 0.0480. The molecule has 0 aliphatic heterocycles. The largest absolute Gasteiger partial charge is 0.392 e. The summed E-state index contributed by atoms with van der Waals surface area (Å²) in [5, 5.41) is 23.2. The number of aliphatic hydroxyl groups excluding tert-OH is 1. The van der Waals surface area contributed by atoms with E-state index in [1.807, 2.05) is 4.68 Å². The van der Waals surface area contributed by atoms with E-state index in [0.29, 0.717) is 28.6 Å². The Morgan fingerprint density at radius 3 is 2.73 bits per heavy atom. The van der Waals surface area contributed by atoms with Crippen LogP contribution in [-0.2, 0) is 0 Å². The first-order valence-corrected chi connectivity index (χ1v) is 13.5. The van der Waals surface area contributed by atoms with E-state index in [0.717, 1.165) is 30.1 Å². The summed E-state index contributed by atoms with van der Waals surface area (Å²) in [6, 6.07) is 4.20. The summed E-state index contributed by atoms with van der Waals surface area (Å²) < 4.78 is 29.0. The first kappa shape index (κ1) is 21.9. The van der Waals surface area contributed by atoms with Gasteiger partial charge in [0.05, 0.1) is 12.1 Å². The highest BCUT2D eigenvalue weighted by molar-refractivity contribution is 14.1. The summed E-state index contributed by atoms with van der Waals surface area (Å²) in [6.07, 6.45) is 4.41. The third-order valence-corrected chi connectivity index (χ3v) is 9.12. The van der Waals surface area contributed by atoms with Crippen molar-refractivity contribution in [3.63, 3.8) is 0 Å². The lowest BCUT2D eigenvalue weighted by Crippen LogP contribution is -2.12. The van der Waals surface area contributed by atoms with Crippen molar-refractivity contribution in [1.82, 2.24) is 25.0 Å². The van der Waals surface area contributed by atoms with Crippen LogP contribution in [0.1, 0.15) is 49.6 Å². The normalized spacial score (nSPS) is 29.0. The number of thioether (sulfide) groups is 1. The molecule has 11 heteroatoms. The summed E-state index contributed by atoms with van der Waals surface area (Å²) in [5.74, 6) is 0.792.